The van der Waals surface area contributed by atoms with Crippen molar-refractivity contribution in [2.24, 2.45) is 0 Å². The zero-order chi connectivity index (χ0) is 14.8. The van der Waals surface area contributed by atoms with Crippen LogP contribution in [0.15, 0.2) is 36.4 Å². The molecule has 0 spiro atoms. The number of hydrogen-bond acceptors (Lipinski definition) is 3. The maximum atomic E-state index is 13.8. The number of rotatable bonds is 3. The van der Waals surface area contributed by atoms with Gasteiger partial charge in [0.05, 0.1) is 25.4 Å². The van der Waals surface area contributed by atoms with Crippen molar-refractivity contribution in [3.05, 3.63) is 53.6 Å². The van der Waals surface area contributed by atoms with Gasteiger partial charge in [0.15, 0.2) is 0 Å². The predicted octanol–water partition coefficient (Wildman–Crippen LogP) is 3.91. The zero-order valence-electron chi connectivity index (χ0n) is 11.5. The van der Waals surface area contributed by atoms with Gasteiger partial charge in [-0.1, -0.05) is 0 Å². The maximum absolute atomic E-state index is 13.8. The van der Waals surface area contributed by atoms with Gasteiger partial charge in [-0.15, -0.1) is 0 Å². The average Bonchev–Trinajstić information content (AvgIpc) is 2.51. The summed E-state index contributed by atoms with van der Waals surface area (Å²) in [5.74, 6) is 0.478. The van der Waals surface area contributed by atoms with Crippen LogP contribution >= 0.6 is 0 Å². The minimum Gasteiger partial charge on any atom is -0.497 e. The first-order valence-electron chi connectivity index (χ1n) is 6.69. The highest BCUT2D eigenvalue weighted by molar-refractivity contribution is 5.51. The van der Waals surface area contributed by atoms with Crippen LogP contribution in [0.1, 0.15) is 18.0 Å². The summed E-state index contributed by atoms with van der Waals surface area (Å²) >= 11 is 0. The fraction of sp³-hybridized carbons (Fsp3) is 0.250. The lowest BCUT2D eigenvalue weighted by atomic mass is 9.99. The fourth-order valence-electron chi connectivity index (χ4n) is 2.45. The second kappa shape index (κ2) is 5.60. The molecule has 5 heteroatoms. The molecule has 0 saturated carbocycles. The molecule has 110 valence electrons. The van der Waals surface area contributed by atoms with E-state index in [9.17, 15) is 8.78 Å². The van der Waals surface area contributed by atoms with Crippen LogP contribution in [0.5, 0.6) is 11.5 Å². The van der Waals surface area contributed by atoms with Crippen LogP contribution in [0, 0.1) is 11.6 Å². The van der Waals surface area contributed by atoms with Crippen LogP contribution in [0.4, 0.5) is 14.5 Å². The first-order chi connectivity index (χ1) is 10.2. The third-order valence-corrected chi connectivity index (χ3v) is 3.51. The van der Waals surface area contributed by atoms with Gasteiger partial charge in [0.2, 0.25) is 0 Å². The molecule has 1 aliphatic heterocycles. The number of methoxy groups -OCH3 is 1. The quantitative estimate of drug-likeness (QED) is 0.930. The summed E-state index contributed by atoms with van der Waals surface area (Å²) in [5, 5.41) is 3.05. The van der Waals surface area contributed by atoms with E-state index in [1.54, 1.807) is 7.11 Å². The molecule has 2 aromatic carbocycles. The Labute approximate surface area is 121 Å². The summed E-state index contributed by atoms with van der Waals surface area (Å²) in [6.45, 7) is 0.522. The number of nitrogens with one attached hydrogen (secondary N) is 1. The average molecular weight is 291 g/mol. The third kappa shape index (κ3) is 2.77. The second-order valence-electron chi connectivity index (χ2n) is 4.86. The Bertz CT molecular complexity index is 661. The smallest absolute Gasteiger partial charge is 0.146 e. The van der Waals surface area contributed by atoms with Crippen LogP contribution in [0.3, 0.4) is 0 Å². The van der Waals surface area contributed by atoms with Crippen molar-refractivity contribution < 1.29 is 18.3 Å². The van der Waals surface area contributed by atoms with Crippen molar-refractivity contribution in [2.45, 2.75) is 12.5 Å². The molecule has 0 amide bonds. The number of halogens is 2. The maximum Gasteiger partial charge on any atom is 0.146 e. The van der Waals surface area contributed by atoms with Crippen LogP contribution < -0.4 is 14.8 Å². The Balaban J connectivity index is 1.92. The van der Waals surface area contributed by atoms with Crippen molar-refractivity contribution in [2.75, 3.05) is 19.0 Å². The van der Waals surface area contributed by atoms with Gasteiger partial charge in [-0.3, -0.25) is 0 Å². The standard InChI is InChI=1S/C16H15F2NO2/c1-20-11-3-5-16-12(9-11)14(6-7-21-16)19-15-8-10(17)2-4-13(15)18/h2-5,8-9,14,19H,6-7H2,1H3. The van der Waals surface area contributed by atoms with Gasteiger partial charge in [0.1, 0.15) is 23.1 Å². The first-order valence-corrected chi connectivity index (χ1v) is 6.69. The van der Waals surface area contributed by atoms with Gasteiger partial charge in [-0.25, -0.2) is 8.78 Å². The molecule has 0 saturated heterocycles. The molecule has 1 aliphatic rings. The fourth-order valence-corrected chi connectivity index (χ4v) is 2.45. The predicted molar refractivity (Wildman–Crippen MR) is 75.8 cm³/mol. The van der Waals surface area contributed by atoms with Gasteiger partial charge in [-0.2, -0.15) is 0 Å². The molecular weight excluding hydrogens is 276 g/mol. The highest BCUT2D eigenvalue weighted by Gasteiger charge is 2.23. The zero-order valence-corrected chi connectivity index (χ0v) is 11.5. The first kappa shape index (κ1) is 13.7. The lowest BCUT2D eigenvalue weighted by Crippen LogP contribution is -2.21. The molecule has 0 aromatic heterocycles. The molecule has 1 atom stereocenters. The minimum absolute atomic E-state index is 0.149. The molecular formula is C16H15F2NO2. The number of fused-ring (bicyclic) bond motifs is 1. The van der Waals surface area contributed by atoms with Gasteiger partial charge < -0.3 is 14.8 Å². The van der Waals surface area contributed by atoms with E-state index < -0.39 is 11.6 Å². The molecule has 0 aliphatic carbocycles. The van der Waals surface area contributed by atoms with Crippen molar-refractivity contribution in [1.82, 2.24) is 0 Å². The topological polar surface area (TPSA) is 30.5 Å². The van der Waals surface area contributed by atoms with E-state index in [1.165, 1.54) is 0 Å². The van der Waals surface area contributed by atoms with Crippen molar-refractivity contribution in [3.8, 4) is 11.5 Å². The summed E-state index contributed by atoms with van der Waals surface area (Å²) in [6, 6.07) is 8.70. The molecule has 3 rings (SSSR count). The van der Waals surface area contributed by atoms with Crippen LogP contribution in [0.25, 0.3) is 0 Å². The van der Waals surface area contributed by atoms with E-state index in [0.717, 1.165) is 29.5 Å². The molecule has 2 aromatic rings. The monoisotopic (exact) mass is 291 g/mol. The van der Waals surface area contributed by atoms with E-state index in [1.807, 2.05) is 18.2 Å². The normalized spacial score (nSPS) is 16.8. The number of ether oxygens (including phenoxy) is 2. The second-order valence-corrected chi connectivity index (χ2v) is 4.86. The summed E-state index contributed by atoms with van der Waals surface area (Å²) < 4.78 is 37.8. The van der Waals surface area contributed by atoms with E-state index in [0.29, 0.717) is 18.8 Å². The molecule has 1 unspecified atom stereocenters. The molecule has 3 nitrogen and oxygen atoms in total. The highest BCUT2D eigenvalue weighted by Crippen LogP contribution is 2.37. The van der Waals surface area contributed by atoms with Crippen LogP contribution in [0.2, 0.25) is 0 Å². The van der Waals surface area contributed by atoms with Crippen molar-refractivity contribution >= 4 is 5.69 Å². The van der Waals surface area contributed by atoms with Gasteiger partial charge >= 0.3 is 0 Å². The SMILES string of the molecule is COc1ccc2c(c1)C(Nc1cc(F)ccc1F)CCO2. The Morgan fingerprint density at radius 2 is 2.05 bits per heavy atom. The van der Waals surface area contributed by atoms with E-state index in [-0.39, 0.29) is 11.7 Å². The summed E-state index contributed by atoms with van der Waals surface area (Å²) in [6.07, 6.45) is 0.663. The van der Waals surface area contributed by atoms with Gasteiger partial charge in [-0.05, 0) is 36.4 Å². The van der Waals surface area contributed by atoms with Crippen molar-refractivity contribution in [3.63, 3.8) is 0 Å². The third-order valence-electron chi connectivity index (χ3n) is 3.51. The number of anilines is 1. The van der Waals surface area contributed by atoms with E-state index in [4.69, 9.17) is 9.47 Å². The van der Waals surface area contributed by atoms with Gasteiger partial charge in [0, 0.05) is 12.0 Å². The summed E-state index contributed by atoms with van der Waals surface area (Å²) in [5.41, 5.74) is 1.03. The summed E-state index contributed by atoms with van der Waals surface area (Å²) in [7, 11) is 1.58. The van der Waals surface area contributed by atoms with E-state index >= 15 is 0 Å². The Kier molecular flexibility index (Phi) is 3.64. The van der Waals surface area contributed by atoms with Gasteiger partial charge in [0.25, 0.3) is 0 Å². The largest absolute Gasteiger partial charge is 0.497 e. The van der Waals surface area contributed by atoms with Crippen molar-refractivity contribution in [1.29, 1.82) is 0 Å². The lowest BCUT2D eigenvalue weighted by molar-refractivity contribution is 0.273. The molecule has 0 bridgehead atoms. The highest BCUT2D eigenvalue weighted by atomic mass is 19.1. The molecule has 0 fully saturated rings. The Morgan fingerprint density at radius 3 is 2.86 bits per heavy atom. The van der Waals surface area contributed by atoms with Crippen LogP contribution in [-0.4, -0.2) is 13.7 Å². The summed E-state index contributed by atoms with van der Waals surface area (Å²) in [4.78, 5) is 0. The van der Waals surface area contributed by atoms with E-state index in [2.05, 4.69) is 5.32 Å². The molecule has 1 N–H and O–H groups in total. The molecule has 21 heavy (non-hydrogen) atoms. The lowest BCUT2D eigenvalue weighted by Gasteiger charge is -2.28. The number of hydrogen-bond donors (Lipinski definition) is 1. The molecule has 0 radical (unpaired) electrons. The minimum atomic E-state index is -0.479. The number of benzene rings is 2. The molecule has 1 heterocycles. The van der Waals surface area contributed by atoms with Crippen LogP contribution in [-0.2, 0) is 0 Å². The Hall–Kier alpha value is -2.30. The Morgan fingerprint density at radius 1 is 1.19 bits per heavy atom.